The molecule has 0 spiro atoms. The van der Waals surface area contributed by atoms with Gasteiger partial charge in [0.1, 0.15) is 0 Å². The zero-order valence-corrected chi connectivity index (χ0v) is 20.8. The van der Waals surface area contributed by atoms with E-state index in [0.29, 0.717) is 18.4 Å². The van der Waals surface area contributed by atoms with Crippen LogP contribution in [0.5, 0.6) is 0 Å². The van der Waals surface area contributed by atoms with E-state index in [4.69, 9.17) is 14.3 Å². The molecule has 1 aromatic rings. The van der Waals surface area contributed by atoms with Crippen LogP contribution in [0.4, 0.5) is 0 Å². The standard InChI is InChI=1S/C25H38N2O6/c1-17(22(29)31-6)13-19(23(30)32-7)16-33-27-24(2,3)14-20(15-25(27,4)5)26-21(28)18-11-9-8-10-12-18/h8-12,17,19-20H,13-16H2,1-7H3,(H,26,28). The molecule has 184 valence electrons. The molecule has 1 amide bonds. The number of hydroxylamine groups is 2. The first-order valence-corrected chi connectivity index (χ1v) is 11.4. The Hall–Kier alpha value is -2.45. The summed E-state index contributed by atoms with van der Waals surface area (Å²) >= 11 is 0. The van der Waals surface area contributed by atoms with E-state index in [9.17, 15) is 14.4 Å². The topological polar surface area (TPSA) is 94.2 Å². The number of nitrogens with one attached hydrogen (secondary N) is 1. The summed E-state index contributed by atoms with van der Waals surface area (Å²) in [5.74, 6) is -1.95. The number of hydrogen-bond acceptors (Lipinski definition) is 7. The third-order valence-corrected chi connectivity index (χ3v) is 6.14. The van der Waals surface area contributed by atoms with Gasteiger partial charge in [-0.25, -0.2) is 0 Å². The fraction of sp³-hybridized carbons (Fsp3) is 0.640. The van der Waals surface area contributed by atoms with Crippen molar-refractivity contribution in [1.29, 1.82) is 0 Å². The molecule has 2 unspecified atom stereocenters. The Morgan fingerprint density at radius 2 is 1.55 bits per heavy atom. The molecule has 0 radical (unpaired) electrons. The van der Waals surface area contributed by atoms with E-state index in [2.05, 4.69) is 33.0 Å². The Labute approximate surface area is 196 Å². The first-order valence-electron chi connectivity index (χ1n) is 11.4. The molecule has 1 heterocycles. The Balaban J connectivity index is 2.08. The molecule has 8 heteroatoms. The number of ether oxygens (including phenoxy) is 2. The van der Waals surface area contributed by atoms with E-state index < -0.39 is 28.9 Å². The van der Waals surface area contributed by atoms with E-state index in [-0.39, 0.29) is 30.9 Å². The molecule has 1 N–H and O–H groups in total. The Morgan fingerprint density at radius 3 is 2.06 bits per heavy atom. The fourth-order valence-corrected chi connectivity index (χ4v) is 4.86. The van der Waals surface area contributed by atoms with Gasteiger partial charge in [0, 0.05) is 22.7 Å². The second-order valence-electron chi connectivity index (χ2n) is 10.0. The van der Waals surface area contributed by atoms with Gasteiger partial charge in [-0.1, -0.05) is 25.1 Å². The molecule has 2 atom stereocenters. The van der Waals surface area contributed by atoms with Gasteiger partial charge in [-0.05, 0) is 59.1 Å². The lowest BCUT2D eigenvalue weighted by Crippen LogP contribution is -2.64. The van der Waals surface area contributed by atoms with Gasteiger partial charge in [-0.3, -0.25) is 19.2 Å². The molecule has 1 aliphatic rings. The zero-order chi connectivity index (χ0) is 24.8. The van der Waals surface area contributed by atoms with E-state index in [1.165, 1.54) is 14.2 Å². The number of nitrogens with zero attached hydrogens (tertiary/aromatic N) is 1. The average Bonchev–Trinajstić information content (AvgIpc) is 2.75. The molecule has 1 fully saturated rings. The number of carbonyl (C=O) groups is 3. The highest BCUT2D eigenvalue weighted by Crippen LogP contribution is 2.39. The van der Waals surface area contributed by atoms with E-state index >= 15 is 0 Å². The number of piperidine rings is 1. The van der Waals surface area contributed by atoms with Crippen molar-refractivity contribution >= 4 is 17.8 Å². The minimum atomic E-state index is -0.605. The monoisotopic (exact) mass is 462 g/mol. The largest absolute Gasteiger partial charge is 0.469 e. The van der Waals surface area contributed by atoms with Gasteiger partial charge in [0.25, 0.3) is 5.91 Å². The summed E-state index contributed by atoms with van der Waals surface area (Å²) in [6.45, 7) is 10.0. The van der Waals surface area contributed by atoms with Gasteiger partial charge in [0.15, 0.2) is 0 Å². The molecule has 0 aliphatic carbocycles. The number of methoxy groups -OCH3 is 2. The third-order valence-electron chi connectivity index (χ3n) is 6.14. The lowest BCUT2D eigenvalue weighted by atomic mass is 9.79. The lowest BCUT2D eigenvalue weighted by molar-refractivity contribution is -0.289. The summed E-state index contributed by atoms with van der Waals surface area (Å²) in [5, 5.41) is 5.08. The summed E-state index contributed by atoms with van der Waals surface area (Å²) in [6, 6.07) is 9.14. The number of amides is 1. The van der Waals surface area contributed by atoms with Crippen molar-refractivity contribution in [1.82, 2.24) is 10.4 Å². The van der Waals surface area contributed by atoms with Crippen molar-refractivity contribution in [2.75, 3.05) is 20.8 Å². The first-order chi connectivity index (χ1) is 15.4. The minimum Gasteiger partial charge on any atom is -0.469 e. The van der Waals surface area contributed by atoms with Gasteiger partial charge < -0.3 is 14.8 Å². The molecule has 0 bridgehead atoms. The van der Waals surface area contributed by atoms with Crippen LogP contribution < -0.4 is 5.32 Å². The molecular weight excluding hydrogens is 424 g/mol. The second-order valence-corrected chi connectivity index (χ2v) is 10.0. The summed E-state index contributed by atoms with van der Waals surface area (Å²) in [4.78, 5) is 43.1. The lowest BCUT2D eigenvalue weighted by Gasteiger charge is -2.54. The van der Waals surface area contributed by atoms with Crippen LogP contribution in [0.3, 0.4) is 0 Å². The van der Waals surface area contributed by atoms with Crippen LogP contribution in [0.25, 0.3) is 0 Å². The van der Waals surface area contributed by atoms with Crippen molar-refractivity contribution < 1.29 is 28.7 Å². The molecule has 1 saturated heterocycles. The molecular formula is C25H38N2O6. The zero-order valence-electron chi connectivity index (χ0n) is 20.8. The van der Waals surface area contributed by atoms with Crippen LogP contribution in [-0.4, -0.2) is 60.9 Å². The number of benzene rings is 1. The SMILES string of the molecule is COC(=O)C(C)CC(CON1C(C)(C)CC(NC(=O)c2ccccc2)CC1(C)C)C(=O)OC. The van der Waals surface area contributed by atoms with Gasteiger partial charge in [0.05, 0.1) is 32.7 Å². The smallest absolute Gasteiger partial charge is 0.311 e. The van der Waals surface area contributed by atoms with Gasteiger partial charge in [0.2, 0.25) is 0 Å². The highest BCUT2D eigenvalue weighted by atomic mass is 16.7. The number of carbonyl (C=O) groups excluding carboxylic acids is 3. The second kappa shape index (κ2) is 11.1. The molecule has 2 rings (SSSR count). The molecule has 33 heavy (non-hydrogen) atoms. The van der Waals surface area contributed by atoms with Gasteiger partial charge >= 0.3 is 11.9 Å². The van der Waals surface area contributed by atoms with Crippen LogP contribution in [0.1, 0.15) is 64.2 Å². The molecule has 0 aromatic heterocycles. The predicted molar refractivity (Wildman–Crippen MR) is 124 cm³/mol. The van der Waals surface area contributed by atoms with E-state index in [1.54, 1.807) is 19.1 Å². The van der Waals surface area contributed by atoms with Gasteiger partial charge in [-0.15, -0.1) is 0 Å². The Bertz CT molecular complexity index is 805. The number of esters is 2. The van der Waals surface area contributed by atoms with Crippen LogP contribution in [0.15, 0.2) is 30.3 Å². The van der Waals surface area contributed by atoms with Crippen LogP contribution in [0, 0.1) is 11.8 Å². The highest BCUT2D eigenvalue weighted by Gasteiger charge is 2.47. The molecule has 1 aromatic carbocycles. The van der Waals surface area contributed by atoms with Crippen LogP contribution in [-0.2, 0) is 23.9 Å². The summed E-state index contributed by atoms with van der Waals surface area (Å²) in [7, 11) is 2.65. The van der Waals surface area contributed by atoms with Gasteiger partial charge in [-0.2, -0.15) is 5.06 Å². The maximum Gasteiger partial charge on any atom is 0.311 e. The van der Waals surface area contributed by atoms with Crippen molar-refractivity contribution in [3.05, 3.63) is 35.9 Å². The maximum absolute atomic E-state index is 12.7. The van der Waals surface area contributed by atoms with Crippen molar-refractivity contribution in [2.24, 2.45) is 11.8 Å². The van der Waals surface area contributed by atoms with Crippen LogP contribution >= 0.6 is 0 Å². The highest BCUT2D eigenvalue weighted by molar-refractivity contribution is 5.94. The maximum atomic E-state index is 12.7. The molecule has 1 aliphatic heterocycles. The quantitative estimate of drug-likeness (QED) is 0.563. The number of hydrogen-bond donors (Lipinski definition) is 1. The number of rotatable bonds is 9. The fourth-order valence-electron chi connectivity index (χ4n) is 4.86. The first kappa shape index (κ1) is 26.8. The Kier molecular flexibility index (Phi) is 9.03. The molecule has 8 nitrogen and oxygen atoms in total. The minimum absolute atomic E-state index is 0.0293. The summed E-state index contributed by atoms with van der Waals surface area (Å²) in [5.41, 5.74) is -0.191. The van der Waals surface area contributed by atoms with E-state index in [0.717, 1.165) is 0 Å². The summed E-state index contributed by atoms with van der Waals surface area (Å²) in [6.07, 6.45) is 1.62. The van der Waals surface area contributed by atoms with E-state index in [1.807, 2.05) is 23.3 Å². The molecule has 0 saturated carbocycles. The third kappa shape index (κ3) is 7.01. The van der Waals surface area contributed by atoms with Crippen LogP contribution in [0.2, 0.25) is 0 Å². The Morgan fingerprint density at radius 1 is 1.00 bits per heavy atom. The predicted octanol–water partition coefficient (Wildman–Crippen LogP) is 3.36. The van der Waals surface area contributed by atoms with Crippen molar-refractivity contribution in [3.8, 4) is 0 Å². The van der Waals surface area contributed by atoms with Crippen molar-refractivity contribution in [3.63, 3.8) is 0 Å². The van der Waals surface area contributed by atoms with Crippen molar-refractivity contribution in [2.45, 2.75) is 71.0 Å². The average molecular weight is 463 g/mol. The summed E-state index contributed by atoms with van der Waals surface area (Å²) < 4.78 is 9.72. The normalized spacial score (nSPS) is 19.8.